The van der Waals surface area contributed by atoms with Crippen LogP contribution in [0.4, 0.5) is 5.69 Å². The molecule has 6 heteroatoms. The van der Waals surface area contributed by atoms with E-state index in [-0.39, 0.29) is 0 Å². The molecule has 82 valence electrons. The van der Waals surface area contributed by atoms with Gasteiger partial charge in [-0.05, 0) is 53.2 Å². The summed E-state index contributed by atoms with van der Waals surface area (Å²) in [5.74, 6) is 0. The molecule has 1 aliphatic carbocycles. The largest absolute Gasteiger partial charge is 0.399 e. The molecule has 0 radical (unpaired) electrons. The van der Waals surface area contributed by atoms with Crippen molar-refractivity contribution in [3.63, 3.8) is 0 Å². The number of nitrogens with zero attached hydrogens (tertiary/aromatic N) is 4. The van der Waals surface area contributed by atoms with Crippen molar-refractivity contribution in [3.8, 4) is 0 Å². The Morgan fingerprint density at radius 1 is 1.38 bits per heavy atom. The number of rotatable bonds is 3. The zero-order valence-electron chi connectivity index (χ0n) is 8.58. The quantitative estimate of drug-likeness (QED) is 0.818. The van der Waals surface area contributed by atoms with Crippen LogP contribution in [-0.4, -0.2) is 20.2 Å². The topological polar surface area (TPSA) is 69.6 Å². The number of nitrogens with two attached hydrogens (primary N) is 1. The number of benzene rings is 1. The van der Waals surface area contributed by atoms with Crippen LogP contribution in [0.15, 0.2) is 34.3 Å². The summed E-state index contributed by atoms with van der Waals surface area (Å²) in [5.41, 5.74) is 6.49. The summed E-state index contributed by atoms with van der Waals surface area (Å²) < 4.78 is 1.90. The summed E-state index contributed by atoms with van der Waals surface area (Å²) in [7, 11) is 0. The Kier molecular flexibility index (Phi) is 2.28. The number of anilines is 1. The minimum Gasteiger partial charge on any atom is -0.399 e. The molecule has 1 aliphatic rings. The molecule has 5 nitrogen and oxygen atoms in total. The van der Waals surface area contributed by atoms with Gasteiger partial charge in [0.05, 0.1) is 6.04 Å². The Morgan fingerprint density at radius 3 is 3.00 bits per heavy atom. The molecule has 0 atom stereocenters. The third-order valence-corrected chi connectivity index (χ3v) is 3.36. The minimum atomic E-state index is 0.499. The molecule has 2 N–H and O–H groups in total. The molecule has 1 saturated carbocycles. The Hall–Kier alpha value is -1.56. The van der Waals surface area contributed by atoms with Crippen LogP contribution >= 0.6 is 11.8 Å². The summed E-state index contributed by atoms with van der Waals surface area (Å²) in [6.07, 6.45) is 2.35. The van der Waals surface area contributed by atoms with E-state index in [9.17, 15) is 0 Å². The zero-order valence-corrected chi connectivity index (χ0v) is 9.39. The molecule has 1 heterocycles. The van der Waals surface area contributed by atoms with Crippen molar-refractivity contribution in [1.82, 2.24) is 20.2 Å². The first-order chi connectivity index (χ1) is 7.83. The summed E-state index contributed by atoms with van der Waals surface area (Å²) in [6.45, 7) is 0. The maximum Gasteiger partial charge on any atom is 0.214 e. The normalized spacial score (nSPS) is 15.2. The monoisotopic (exact) mass is 233 g/mol. The van der Waals surface area contributed by atoms with Gasteiger partial charge < -0.3 is 5.73 Å². The van der Waals surface area contributed by atoms with Gasteiger partial charge in [0.15, 0.2) is 0 Å². The SMILES string of the molecule is Nc1cccc(Sc2nnnn2C2CC2)c1. The van der Waals surface area contributed by atoms with Gasteiger partial charge in [0.25, 0.3) is 0 Å². The second-order valence-electron chi connectivity index (χ2n) is 3.81. The molecule has 1 aromatic heterocycles. The molecular formula is C10H11N5S. The standard InChI is InChI=1S/C10H11N5S/c11-7-2-1-3-9(6-7)16-10-12-13-14-15(10)8-4-5-8/h1-3,6,8H,4-5,11H2. The van der Waals surface area contributed by atoms with E-state index in [1.807, 2.05) is 28.9 Å². The van der Waals surface area contributed by atoms with Crippen LogP contribution in [0, 0.1) is 0 Å². The van der Waals surface area contributed by atoms with E-state index in [1.165, 1.54) is 12.8 Å². The van der Waals surface area contributed by atoms with Crippen LogP contribution in [0.3, 0.4) is 0 Å². The molecule has 16 heavy (non-hydrogen) atoms. The summed E-state index contributed by atoms with van der Waals surface area (Å²) in [4.78, 5) is 1.07. The van der Waals surface area contributed by atoms with Crippen LogP contribution in [0.25, 0.3) is 0 Å². The second kappa shape index (κ2) is 3.79. The van der Waals surface area contributed by atoms with Gasteiger partial charge in [0.1, 0.15) is 0 Å². The highest BCUT2D eigenvalue weighted by molar-refractivity contribution is 7.99. The summed E-state index contributed by atoms with van der Waals surface area (Å²) >= 11 is 1.55. The first-order valence-electron chi connectivity index (χ1n) is 5.14. The van der Waals surface area contributed by atoms with E-state index in [0.29, 0.717) is 6.04 Å². The lowest BCUT2D eigenvalue weighted by Gasteiger charge is -2.02. The predicted octanol–water partition coefficient (Wildman–Crippen LogP) is 1.74. The lowest BCUT2D eigenvalue weighted by Crippen LogP contribution is -1.98. The molecule has 0 aliphatic heterocycles. The van der Waals surface area contributed by atoms with Crippen LogP contribution in [0.1, 0.15) is 18.9 Å². The number of hydrogen-bond acceptors (Lipinski definition) is 5. The van der Waals surface area contributed by atoms with Gasteiger partial charge in [-0.3, -0.25) is 0 Å². The average Bonchev–Trinajstić information content (AvgIpc) is 3.00. The van der Waals surface area contributed by atoms with E-state index >= 15 is 0 Å². The predicted molar refractivity (Wildman–Crippen MR) is 61.1 cm³/mol. The van der Waals surface area contributed by atoms with E-state index in [2.05, 4.69) is 15.5 Å². The van der Waals surface area contributed by atoms with Gasteiger partial charge in [-0.2, -0.15) is 0 Å². The molecule has 0 amide bonds. The van der Waals surface area contributed by atoms with Crippen molar-refractivity contribution in [2.45, 2.75) is 28.9 Å². The van der Waals surface area contributed by atoms with Crippen LogP contribution in [-0.2, 0) is 0 Å². The average molecular weight is 233 g/mol. The maximum atomic E-state index is 5.73. The Balaban J connectivity index is 1.85. The lowest BCUT2D eigenvalue weighted by atomic mass is 10.3. The van der Waals surface area contributed by atoms with Crippen molar-refractivity contribution in [2.75, 3.05) is 5.73 Å². The molecule has 2 aromatic rings. The Bertz CT molecular complexity index is 505. The van der Waals surface area contributed by atoms with Gasteiger partial charge in [-0.1, -0.05) is 6.07 Å². The van der Waals surface area contributed by atoms with Gasteiger partial charge in [0, 0.05) is 10.6 Å². The number of tetrazole rings is 1. The molecule has 0 bridgehead atoms. The third kappa shape index (κ3) is 1.88. The summed E-state index contributed by atoms with van der Waals surface area (Å²) in [5, 5.41) is 12.6. The smallest absolute Gasteiger partial charge is 0.214 e. The first-order valence-corrected chi connectivity index (χ1v) is 5.96. The van der Waals surface area contributed by atoms with Gasteiger partial charge in [-0.25, -0.2) is 4.68 Å². The highest BCUT2D eigenvalue weighted by atomic mass is 32.2. The van der Waals surface area contributed by atoms with Crippen molar-refractivity contribution >= 4 is 17.4 Å². The molecular weight excluding hydrogens is 222 g/mol. The molecule has 0 unspecified atom stereocenters. The number of aromatic nitrogens is 4. The fourth-order valence-corrected chi connectivity index (χ4v) is 2.39. The zero-order chi connectivity index (χ0) is 11.0. The highest BCUT2D eigenvalue weighted by Gasteiger charge is 2.27. The van der Waals surface area contributed by atoms with Crippen LogP contribution in [0.5, 0.6) is 0 Å². The van der Waals surface area contributed by atoms with Gasteiger partial charge >= 0.3 is 0 Å². The number of hydrogen-bond donors (Lipinski definition) is 1. The highest BCUT2D eigenvalue weighted by Crippen LogP contribution is 2.38. The molecule has 3 rings (SSSR count). The van der Waals surface area contributed by atoms with Crippen LogP contribution in [0.2, 0.25) is 0 Å². The molecule has 0 spiro atoms. The van der Waals surface area contributed by atoms with E-state index in [0.717, 1.165) is 15.7 Å². The molecule has 0 saturated heterocycles. The lowest BCUT2D eigenvalue weighted by molar-refractivity contribution is 0.565. The first kappa shape index (κ1) is 9.65. The van der Waals surface area contributed by atoms with Crippen molar-refractivity contribution < 1.29 is 0 Å². The minimum absolute atomic E-state index is 0.499. The van der Waals surface area contributed by atoms with Crippen molar-refractivity contribution in [1.29, 1.82) is 0 Å². The molecule has 1 aromatic carbocycles. The van der Waals surface area contributed by atoms with Crippen LogP contribution < -0.4 is 5.73 Å². The second-order valence-corrected chi connectivity index (χ2v) is 4.85. The third-order valence-electron chi connectivity index (χ3n) is 2.42. The fraction of sp³-hybridized carbons (Fsp3) is 0.300. The fourth-order valence-electron chi connectivity index (χ4n) is 1.48. The van der Waals surface area contributed by atoms with Gasteiger partial charge in [-0.15, -0.1) is 5.10 Å². The van der Waals surface area contributed by atoms with E-state index in [1.54, 1.807) is 11.8 Å². The number of nitrogen functional groups attached to an aromatic ring is 1. The van der Waals surface area contributed by atoms with E-state index in [4.69, 9.17) is 5.73 Å². The Morgan fingerprint density at radius 2 is 2.25 bits per heavy atom. The van der Waals surface area contributed by atoms with Crippen molar-refractivity contribution in [3.05, 3.63) is 24.3 Å². The van der Waals surface area contributed by atoms with Crippen molar-refractivity contribution in [2.24, 2.45) is 0 Å². The molecule has 1 fully saturated rings. The summed E-state index contributed by atoms with van der Waals surface area (Å²) in [6, 6.07) is 8.24. The maximum absolute atomic E-state index is 5.73. The Labute approximate surface area is 97.0 Å². The van der Waals surface area contributed by atoms with E-state index < -0.39 is 0 Å². The van der Waals surface area contributed by atoms with Gasteiger partial charge in [0.2, 0.25) is 5.16 Å².